The minimum atomic E-state index is 0.925. The third-order valence-electron chi connectivity index (χ3n) is 11.2. The second kappa shape index (κ2) is 28.0. The van der Waals surface area contributed by atoms with Gasteiger partial charge >= 0.3 is 110 Å². The Hall–Kier alpha value is -3.55. The number of benzene rings is 4. The van der Waals surface area contributed by atoms with Crippen molar-refractivity contribution in [3.05, 3.63) is 159 Å². The molecule has 4 aromatic carbocycles. The average molecular weight is 810 g/mol. The summed E-state index contributed by atoms with van der Waals surface area (Å²) < 4.78 is 1.54. The van der Waals surface area contributed by atoms with Crippen molar-refractivity contribution in [2.45, 2.75) is 167 Å². The van der Waals surface area contributed by atoms with Crippen LogP contribution in [0.1, 0.15) is 164 Å². The normalized spacial score (nSPS) is 12.7. The van der Waals surface area contributed by atoms with Gasteiger partial charge in [-0.2, -0.15) is 0 Å². The Morgan fingerprint density at radius 1 is 0.404 bits per heavy atom. The Bertz CT molecular complexity index is 1730. The fourth-order valence-electron chi connectivity index (χ4n) is 7.88. The van der Waals surface area contributed by atoms with Crippen LogP contribution in [0.4, 0.5) is 0 Å². The third-order valence-corrected chi connectivity index (χ3v) is 12.4. The zero-order chi connectivity index (χ0) is 40.3. The zero-order valence-corrected chi connectivity index (χ0v) is 37.1. The van der Waals surface area contributed by atoms with Gasteiger partial charge in [-0.1, -0.05) is 123 Å². The Morgan fingerprint density at radius 3 is 1.28 bits per heavy atom. The summed E-state index contributed by atoms with van der Waals surface area (Å²) in [6.45, 7) is 9.06. The van der Waals surface area contributed by atoms with E-state index in [0.29, 0.717) is 0 Å². The SMILES string of the molecule is CCCCCCCCc1cccc(C2=C(CC)C(CCCC)=C(c3cccc(CCCCCCCC)c3)[N+]2=[N-])c1.c1ccc(C[CH2][Ni][CH2]Cc2ccccc2)cc1. The van der Waals surface area contributed by atoms with E-state index in [1.165, 1.54) is 139 Å². The molecule has 0 fully saturated rings. The monoisotopic (exact) mass is 809 g/mol. The van der Waals surface area contributed by atoms with Crippen LogP contribution in [0.3, 0.4) is 0 Å². The second-order valence-corrected chi connectivity index (χ2v) is 17.3. The molecule has 3 heteroatoms. The first-order valence-electron chi connectivity index (χ1n) is 22.8. The number of hydrogen-bond donors (Lipinski definition) is 0. The van der Waals surface area contributed by atoms with Gasteiger partial charge in [0.25, 0.3) is 0 Å². The number of rotatable bonds is 26. The van der Waals surface area contributed by atoms with Gasteiger partial charge in [0.2, 0.25) is 11.4 Å². The summed E-state index contributed by atoms with van der Waals surface area (Å²) in [5.74, 6) is 0. The molecule has 5 rings (SSSR count). The summed E-state index contributed by atoms with van der Waals surface area (Å²) >= 11 is 1.86. The van der Waals surface area contributed by atoms with Gasteiger partial charge < -0.3 is 5.53 Å². The molecule has 0 aromatic heterocycles. The molecule has 1 aliphatic rings. The molecule has 0 saturated carbocycles. The van der Waals surface area contributed by atoms with Gasteiger partial charge in [-0.05, 0) is 80.3 Å². The van der Waals surface area contributed by atoms with E-state index in [1.807, 2.05) is 14.4 Å². The molecule has 1 heterocycles. The Balaban J connectivity index is 0.000000350. The third kappa shape index (κ3) is 16.3. The van der Waals surface area contributed by atoms with Crippen LogP contribution in [-0.4, -0.2) is 4.70 Å². The number of nitrogens with zero attached hydrogens (tertiary/aromatic N) is 2. The van der Waals surface area contributed by atoms with E-state index in [4.69, 9.17) is 0 Å². The molecule has 0 unspecified atom stereocenters. The number of unbranched alkanes of at least 4 members (excludes halogenated alkanes) is 11. The van der Waals surface area contributed by atoms with Crippen molar-refractivity contribution in [3.63, 3.8) is 0 Å². The predicted molar refractivity (Wildman–Crippen MR) is 244 cm³/mol. The number of hydrogen-bond acceptors (Lipinski definition) is 0. The van der Waals surface area contributed by atoms with Gasteiger partial charge in [0, 0.05) is 22.3 Å². The van der Waals surface area contributed by atoms with E-state index >= 15 is 0 Å². The first-order chi connectivity index (χ1) is 28.1. The van der Waals surface area contributed by atoms with Crippen molar-refractivity contribution in [3.8, 4) is 0 Å². The fourth-order valence-corrected chi connectivity index (χ4v) is 9.05. The average Bonchev–Trinajstić information content (AvgIpc) is 3.54. The van der Waals surface area contributed by atoms with E-state index in [1.54, 1.807) is 0 Å². The maximum atomic E-state index is 11.8. The predicted octanol–water partition coefficient (Wildman–Crippen LogP) is 16.7. The van der Waals surface area contributed by atoms with E-state index in [0.717, 1.165) is 61.0 Å². The van der Waals surface area contributed by atoms with Gasteiger partial charge in [0.1, 0.15) is 0 Å². The van der Waals surface area contributed by atoms with Crippen LogP contribution >= 0.6 is 0 Å². The molecule has 0 amide bonds. The Kier molecular flexibility index (Phi) is 22.6. The van der Waals surface area contributed by atoms with Crippen LogP contribution in [0, 0.1) is 0 Å². The van der Waals surface area contributed by atoms with E-state index < -0.39 is 0 Å². The summed E-state index contributed by atoms with van der Waals surface area (Å²) in [5.41, 5.74) is 24.4. The van der Waals surface area contributed by atoms with Crippen LogP contribution in [0.5, 0.6) is 0 Å². The number of aryl methyl sites for hydroxylation is 4. The van der Waals surface area contributed by atoms with Crippen LogP contribution in [0.2, 0.25) is 10.8 Å². The molecule has 0 bridgehead atoms. The van der Waals surface area contributed by atoms with Gasteiger partial charge in [-0.15, -0.1) is 0 Å². The van der Waals surface area contributed by atoms with Crippen molar-refractivity contribution in [2.24, 2.45) is 0 Å². The van der Waals surface area contributed by atoms with E-state index in [-0.39, 0.29) is 0 Å². The quantitative estimate of drug-likeness (QED) is 0.0343. The van der Waals surface area contributed by atoms with Crippen molar-refractivity contribution in [1.82, 2.24) is 0 Å². The van der Waals surface area contributed by atoms with Crippen LogP contribution in [-0.2, 0) is 40.1 Å². The summed E-state index contributed by atoms with van der Waals surface area (Å²) in [6.07, 6.45) is 24.6. The Labute approximate surface area is 355 Å². The molecule has 0 saturated heterocycles. The molecular formula is C54H74N2Ni. The van der Waals surface area contributed by atoms with Crippen molar-refractivity contribution in [2.75, 3.05) is 0 Å². The zero-order valence-electron chi connectivity index (χ0n) is 36.2. The summed E-state index contributed by atoms with van der Waals surface area (Å²) in [4.78, 5) is 0. The first-order valence-corrected chi connectivity index (χ1v) is 24.2. The molecule has 4 aromatic rings. The van der Waals surface area contributed by atoms with Gasteiger partial charge in [-0.25, -0.2) is 4.70 Å². The molecule has 57 heavy (non-hydrogen) atoms. The standard InChI is InChI=1S/C38H56N2.2C8H9.Ni/c1-5-9-12-14-16-18-22-31-24-20-26-33(29-31)37-35(8-4)36(28-11-7-3)38(40(37)39)34-27-21-25-32(30-34)23-19-17-15-13-10-6-2;2*1-2-8-6-4-3-5-7-8;/h20-21,24-27,29-30H,5-19,22-23,28H2,1-4H3;2*3-7H,1-2H2;. The van der Waals surface area contributed by atoms with E-state index in [9.17, 15) is 5.53 Å². The van der Waals surface area contributed by atoms with Crippen molar-refractivity contribution in [1.29, 1.82) is 0 Å². The molecular weight excluding hydrogens is 735 g/mol. The van der Waals surface area contributed by atoms with Gasteiger partial charge in [0.05, 0.1) is 0 Å². The maximum absolute atomic E-state index is 11.8. The summed E-state index contributed by atoms with van der Waals surface area (Å²) in [6, 6.07) is 39.4. The molecule has 0 atom stereocenters. The molecule has 0 aliphatic carbocycles. The second-order valence-electron chi connectivity index (χ2n) is 15.8. The fraction of sp³-hybridized carbons (Fsp3) is 0.481. The van der Waals surface area contributed by atoms with Crippen LogP contribution < -0.4 is 0 Å². The first kappa shape index (κ1) is 46.1. The molecule has 0 spiro atoms. The Morgan fingerprint density at radius 2 is 0.825 bits per heavy atom. The minimum absolute atomic E-state index is 0.925. The molecule has 0 radical (unpaired) electrons. The van der Waals surface area contributed by atoms with Crippen LogP contribution in [0.25, 0.3) is 16.9 Å². The van der Waals surface area contributed by atoms with Crippen LogP contribution in [0.15, 0.2) is 120 Å². The molecule has 310 valence electrons. The topological polar surface area (TPSA) is 25.3 Å². The van der Waals surface area contributed by atoms with Crippen molar-refractivity contribution >= 4 is 11.4 Å². The summed E-state index contributed by atoms with van der Waals surface area (Å²) in [5, 5.41) is 2.48. The van der Waals surface area contributed by atoms with Crippen molar-refractivity contribution < 1.29 is 19.1 Å². The van der Waals surface area contributed by atoms with Gasteiger partial charge in [0.15, 0.2) is 0 Å². The van der Waals surface area contributed by atoms with Gasteiger partial charge in [-0.3, -0.25) is 0 Å². The van der Waals surface area contributed by atoms with E-state index in [2.05, 4.69) is 137 Å². The molecule has 2 nitrogen and oxygen atoms in total. The summed E-state index contributed by atoms with van der Waals surface area (Å²) in [7, 11) is 0. The molecule has 0 N–H and O–H groups in total. The molecule has 1 aliphatic heterocycles. The number of allylic oxidation sites excluding steroid dienone is 2.